The summed E-state index contributed by atoms with van der Waals surface area (Å²) in [6.07, 6.45) is 2.06. The van der Waals surface area contributed by atoms with E-state index >= 15 is 0 Å². The lowest BCUT2D eigenvalue weighted by molar-refractivity contribution is 0.185. The summed E-state index contributed by atoms with van der Waals surface area (Å²) in [5, 5.41) is 3.37. The average Bonchev–Trinajstić information content (AvgIpc) is 2.71. The molecule has 4 nitrogen and oxygen atoms in total. The molecule has 0 aliphatic rings. The molecule has 1 heterocycles. The topological polar surface area (TPSA) is 39.1 Å². The van der Waals surface area contributed by atoms with E-state index in [-0.39, 0.29) is 0 Å². The van der Waals surface area contributed by atoms with E-state index in [0.29, 0.717) is 12.6 Å². The van der Waals surface area contributed by atoms with E-state index < -0.39 is 0 Å². The van der Waals surface area contributed by atoms with E-state index in [0.717, 1.165) is 22.9 Å². The Labute approximate surface area is 114 Å². The summed E-state index contributed by atoms with van der Waals surface area (Å²) in [7, 11) is 1.70. The molecule has 19 heavy (non-hydrogen) atoms. The smallest absolute Gasteiger partial charge is 0.207 e. The zero-order valence-corrected chi connectivity index (χ0v) is 12.0. The highest BCUT2D eigenvalue weighted by Crippen LogP contribution is 2.21. The van der Waals surface area contributed by atoms with E-state index in [9.17, 15) is 0 Å². The van der Waals surface area contributed by atoms with Crippen LogP contribution in [-0.2, 0) is 11.3 Å². The Hall–Kier alpha value is -1.81. The Morgan fingerprint density at radius 1 is 1.37 bits per heavy atom. The van der Waals surface area contributed by atoms with Gasteiger partial charge in [0.2, 0.25) is 5.95 Å². The Morgan fingerprint density at radius 2 is 2.16 bits per heavy atom. The minimum Gasteiger partial charge on any atom is -0.380 e. The van der Waals surface area contributed by atoms with E-state index in [1.807, 2.05) is 19.1 Å². The van der Waals surface area contributed by atoms with Crippen molar-refractivity contribution in [3.05, 3.63) is 41.7 Å². The van der Waals surface area contributed by atoms with Crippen LogP contribution in [-0.4, -0.2) is 16.7 Å². The van der Waals surface area contributed by atoms with Crippen molar-refractivity contribution in [1.82, 2.24) is 9.55 Å². The Morgan fingerprint density at radius 3 is 2.84 bits per heavy atom. The number of nitrogens with zero attached hydrogens (tertiary/aromatic N) is 2. The molecule has 0 aliphatic carbocycles. The lowest BCUT2D eigenvalue weighted by Crippen LogP contribution is -2.05. The molecular formula is C15H21N3O. The van der Waals surface area contributed by atoms with Crippen LogP contribution in [0.15, 0.2) is 30.5 Å². The standard InChI is InChI=1S/C15H21N3O/c1-11(2)18-9-12(3)16-15(18)17-14-7-5-6-13(8-14)10-19-4/h5-9,11H,10H2,1-4H3,(H,16,17). The molecule has 0 spiro atoms. The summed E-state index contributed by atoms with van der Waals surface area (Å²) in [6, 6.07) is 8.57. The maximum Gasteiger partial charge on any atom is 0.207 e. The highest BCUT2D eigenvalue weighted by atomic mass is 16.5. The van der Waals surface area contributed by atoms with Gasteiger partial charge in [0, 0.05) is 25.0 Å². The maximum atomic E-state index is 5.15. The van der Waals surface area contributed by atoms with Crippen molar-refractivity contribution < 1.29 is 4.74 Å². The van der Waals surface area contributed by atoms with Crippen molar-refractivity contribution in [3.63, 3.8) is 0 Å². The molecule has 0 saturated heterocycles. The van der Waals surface area contributed by atoms with Gasteiger partial charge >= 0.3 is 0 Å². The lowest BCUT2D eigenvalue weighted by atomic mass is 10.2. The lowest BCUT2D eigenvalue weighted by Gasteiger charge is -2.13. The fourth-order valence-corrected chi connectivity index (χ4v) is 2.04. The van der Waals surface area contributed by atoms with Crippen LogP contribution in [0.1, 0.15) is 31.1 Å². The summed E-state index contributed by atoms with van der Waals surface area (Å²) in [6.45, 7) is 6.92. The van der Waals surface area contributed by atoms with Gasteiger partial charge in [0.05, 0.1) is 12.3 Å². The Balaban J connectivity index is 2.23. The molecule has 0 bridgehead atoms. The molecular weight excluding hydrogens is 238 g/mol. The van der Waals surface area contributed by atoms with Gasteiger partial charge in [-0.1, -0.05) is 12.1 Å². The highest BCUT2D eigenvalue weighted by Gasteiger charge is 2.08. The van der Waals surface area contributed by atoms with Crippen molar-refractivity contribution in [3.8, 4) is 0 Å². The largest absolute Gasteiger partial charge is 0.380 e. The number of rotatable bonds is 5. The molecule has 1 N–H and O–H groups in total. The number of nitrogens with one attached hydrogen (secondary N) is 1. The monoisotopic (exact) mass is 259 g/mol. The van der Waals surface area contributed by atoms with Crippen molar-refractivity contribution in [2.75, 3.05) is 12.4 Å². The molecule has 2 rings (SSSR count). The van der Waals surface area contributed by atoms with Gasteiger partial charge in [-0.3, -0.25) is 0 Å². The van der Waals surface area contributed by atoms with Crippen LogP contribution < -0.4 is 5.32 Å². The predicted octanol–water partition coefficient (Wildman–Crippen LogP) is 3.66. The molecule has 1 aromatic heterocycles. The quantitative estimate of drug-likeness (QED) is 0.890. The molecule has 1 aromatic carbocycles. The fourth-order valence-electron chi connectivity index (χ4n) is 2.04. The van der Waals surface area contributed by atoms with Gasteiger partial charge in [0.1, 0.15) is 0 Å². The van der Waals surface area contributed by atoms with Gasteiger partial charge in [-0.05, 0) is 38.5 Å². The minimum absolute atomic E-state index is 0.380. The number of hydrogen-bond donors (Lipinski definition) is 1. The second kappa shape index (κ2) is 5.89. The van der Waals surface area contributed by atoms with Gasteiger partial charge in [-0.25, -0.2) is 4.98 Å². The van der Waals surface area contributed by atoms with Crippen LogP contribution in [0.3, 0.4) is 0 Å². The molecule has 0 fully saturated rings. The van der Waals surface area contributed by atoms with Crippen LogP contribution in [0.2, 0.25) is 0 Å². The number of aryl methyl sites for hydroxylation is 1. The third kappa shape index (κ3) is 3.35. The minimum atomic E-state index is 0.380. The number of methoxy groups -OCH3 is 1. The molecule has 4 heteroatoms. The number of anilines is 2. The van der Waals surface area contributed by atoms with Gasteiger partial charge in [-0.2, -0.15) is 0 Å². The average molecular weight is 259 g/mol. The first-order valence-corrected chi connectivity index (χ1v) is 6.50. The van der Waals surface area contributed by atoms with Gasteiger partial charge in [-0.15, -0.1) is 0 Å². The van der Waals surface area contributed by atoms with Gasteiger partial charge in [0.25, 0.3) is 0 Å². The van der Waals surface area contributed by atoms with Gasteiger partial charge in [0.15, 0.2) is 0 Å². The number of aromatic nitrogens is 2. The second-order valence-corrected chi connectivity index (χ2v) is 4.97. The summed E-state index contributed by atoms with van der Waals surface area (Å²) in [5.74, 6) is 0.877. The molecule has 0 radical (unpaired) electrons. The number of imidazole rings is 1. The second-order valence-electron chi connectivity index (χ2n) is 4.97. The molecule has 102 valence electrons. The molecule has 0 atom stereocenters. The first-order valence-electron chi connectivity index (χ1n) is 6.50. The third-order valence-corrected chi connectivity index (χ3v) is 2.90. The molecule has 0 aliphatic heterocycles. The van der Waals surface area contributed by atoms with Crippen molar-refractivity contribution in [2.24, 2.45) is 0 Å². The van der Waals surface area contributed by atoms with Crippen molar-refractivity contribution in [1.29, 1.82) is 0 Å². The summed E-state index contributed by atoms with van der Waals surface area (Å²) < 4.78 is 7.29. The van der Waals surface area contributed by atoms with Crippen molar-refractivity contribution in [2.45, 2.75) is 33.4 Å². The SMILES string of the molecule is COCc1cccc(Nc2nc(C)cn2C(C)C)c1. The molecule has 0 unspecified atom stereocenters. The van der Waals surface area contributed by atoms with Crippen LogP contribution in [0.25, 0.3) is 0 Å². The molecule has 0 amide bonds. The van der Waals surface area contributed by atoms with E-state index in [1.165, 1.54) is 0 Å². The van der Waals surface area contributed by atoms with Crippen LogP contribution in [0, 0.1) is 6.92 Å². The number of ether oxygens (including phenoxy) is 1. The first-order chi connectivity index (χ1) is 9.10. The van der Waals surface area contributed by atoms with Gasteiger partial charge < -0.3 is 14.6 Å². The van der Waals surface area contributed by atoms with Crippen LogP contribution in [0.4, 0.5) is 11.6 Å². The Kier molecular flexibility index (Phi) is 4.22. The normalized spacial score (nSPS) is 11.0. The number of benzene rings is 1. The summed E-state index contributed by atoms with van der Waals surface area (Å²) >= 11 is 0. The third-order valence-electron chi connectivity index (χ3n) is 2.90. The molecule has 2 aromatic rings. The Bertz CT molecular complexity index is 546. The van der Waals surface area contributed by atoms with E-state index in [1.54, 1.807) is 7.11 Å². The number of hydrogen-bond acceptors (Lipinski definition) is 3. The molecule has 0 saturated carbocycles. The highest BCUT2D eigenvalue weighted by molar-refractivity contribution is 5.55. The van der Waals surface area contributed by atoms with E-state index in [2.05, 4.69) is 47.0 Å². The fraction of sp³-hybridized carbons (Fsp3) is 0.400. The zero-order valence-electron chi connectivity index (χ0n) is 12.0. The van der Waals surface area contributed by atoms with Crippen LogP contribution >= 0.6 is 0 Å². The zero-order chi connectivity index (χ0) is 13.8. The first kappa shape index (κ1) is 13.6. The van der Waals surface area contributed by atoms with E-state index in [4.69, 9.17) is 4.74 Å². The maximum absolute atomic E-state index is 5.15. The summed E-state index contributed by atoms with van der Waals surface area (Å²) in [4.78, 5) is 4.52. The summed E-state index contributed by atoms with van der Waals surface area (Å²) in [5.41, 5.74) is 3.19. The van der Waals surface area contributed by atoms with Crippen LogP contribution in [0.5, 0.6) is 0 Å². The predicted molar refractivity (Wildman–Crippen MR) is 77.8 cm³/mol. The van der Waals surface area contributed by atoms with Crippen molar-refractivity contribution >= 4 is 11.6 Å².